The van der Waals surface area contributed by atoms with Gasteiger partial charge in [-0.2, -0.15) is 0 Å². The standard InChI is InChI=1S/C11H24N2/c1-4-11(9-10-5-6-10)12-7-8-13(2)3/h10-12H,4-9H2,1-3H3. The summed E-state index contributed by atoms with van der Waals surface area (Å²) in [7, 11) is 4.26. The van der Waals surface area contributed by atoms with Crippen molar-refractivity contribution in [2.45, 2.75) is 38.6 Å². The van der Waals surface area contributed by atoms with Gasteiger partial charge in [0.25, 0.3) is 0 Å². The van der Waals surface area contributed by atoms with Crippen LogP contribution in [-0.2, 0) is 0 Å². The number of rotatable bonds is 7. The summed E-state index contributed by atoms with van der Waals surface area (Å²) >= 11 is 0. The van der Waals surface area contributed by atoms with Crippen molar-refractivity contribution >= 4 is 0 Å². The fourth-order valence-corrected chi connectivity index (χ4v) is 1.64. The molecule has 0 heterocycles. The Hall–Kier alpha value is -0.0800. The third-order valence-electron chi connectivity index (χ3n) is 2.80. The van der Waals surface area contributed by atoms with Crippen molar-refractivity contribution in [3.63, 3.8) is 0 Å². The summed E-state index contributed by atoms with van der Waals surface area (Å²) in [5.41, 5.74) is 0. The summed E-state index contributed by atoms with van der Waals surface area (Å²) < 4.78 is 0. The van der Waals surface area contributed by atoms with Crippen molar-refractivity contribution in [3.8, 4) is 0 Å². The van der Waals surface area contributed by atoms with Gasteiger partial charge >= 0.3 is 0 Å². The second-order valence-electron chi connectivity index (χ2n) is 4.54. The second-order valence-corrected chi connectivity index (χ2v) is 4.54. The largest absolute Gasteiger partial charge is 0.313 e. The monoisotopic (exact) mass is 184 g/mol. The molecule has 1 aliphatic carbocycles. The lowest BCUT2D eigenvalue weighted by atomic mass is 10.1. The second kappa shape index (κ2) is 5.61. The van der Waals surface area contributed by atoms with E-state index in [2.05, 4.69) is 31.2 Å². The maximum absolute atomic E-state index is 3.63. The minimum absolute atomic E-state index is 0.771. The molecule has 1 fully saturated rings. The molecule has 0 aromatic rings. The number of likely N-dealkylation sites (N-methyl/N-ethyl adjacent to an activating group) is 1. The van der Waals surface area contributed by atoms with Gasteiger partial charge < -0.3 is 10.2 Å². The van der Waals surface area contributed by atoms with E-state index in [0.29, 0.717) is 0 Å². The number of nitrogens with one attached hydrogen (secondary N) is 1. The van der Waals surface area contributed by atoms with Crippen LogP contribution in [0.2, 0.25) is 0 Å². The van der Waals surface area contributed by atoms with E-state index in [9.17, 15) is 0 Å². The van der Waals surface area contributed by atoms with Crippen LogP contribution in [0.15, 0.2) is 0 Å². The SMILES string of the molecule is CCC(CC1CC1)NCCN(C)C. The summed E-state index contributed by atoms with van der Waals surface area (Å²) in [4.78, 5) is 2.23. The van der Waals surface area contributed by atoms with Crippen LogP contribution in [-0.4, -0.2) is 38.1 Å². The quantitative estimate of drug-likeness (QED) is 0.648. The van der Waals surface area contributed by atoms with Gasteiger partial charge in [-0.05, 0) is 32.9 Å². The molecule has 0 aromatic carbocycles. The molecule has 1 aliphatic rings. The molecule has 1 N–H and O–H groups in total. The van der Waals surface area contributed by atoms with Crippen LogP contribution in [0.25, 0.3) is 0 Å². The van der Waals surface area contributed by atoms with E-state index in [1.165, 1.54) is 25.7 Å². The van der Waals surface area contributed by atoms with Gasteiger partial charge in [0.1, 0.15) is 0 Å². The van der Waals surface area contributed by atoms with Crippen LogP contribution in [0, 0.1) is 5.92 Å². The molecule has 0 amide bonds. The van der Waals surface area contributed by atoms with Crippen LogP contribution in [0.1, 0.15) is 32.6 Å². The summed E-state index contributed by atoms with van der Waals surface area (Å²) in [5, 5.41) is 3.63. The fourth-order valence-electron chi connectivity index (χ4n) is 1.64. The predicted octanol–water partition coefficient (Wildman–Crippen LogP) is 1.72. The molecule has 1 atom stereocenters. The molecule has 13 heavy (non-hydrogen) atoms. The first-order chi connectivity index (χ1) is 6.22. The summed E-state index contributed by atoms with van der Waals surface area (Å²) in [6.07, 6.45) is 5.64. The van der Waals surface area contributed by atoms with Gasteiger partial charge in [0, 0.05) is 19.1 Å². The van der Waals surface area contributed by atoms with Gasteiger partial charge in [-0.3, -0.25) is 0 Å². The molecule has 1 unspecified atom stereocenters. The normalized spacial score (nSPS) is 19.4. The lowest BCUT2D eigenvalue weighted by molar-refractivity contribution is 0.368. The van der Waals surface area contributed by atoms with E-state index in [-0.39, 0.29) is 0 Å². The van der Waals surface area contributed by atoms with Gasteiger partial charge in [0.05, 0.1) is 0 Å². The van der Waals surface area contributed by atoms with Crippen molar-refractivity contribution in [1.82, 2.24) is 10.2 Å². The van der Waals surface area contributed by atoms with E-state index < -0.39 is 0 Å². The minimum atomic E-state index is 0.771. The Morgan fingerprint density at radius 3 is 2.54 bits per heavy atom. The van der Waals surface area contributed by atoms with Crippen molar-refractivity contribution < 1.29 is 0 Å². The number of hydrogen-bond acceptors (Lipinski definition) is 2. The number of hydrogen-bond donors (Lipinski definition) is 1. The first-order valence-corrected chi connectivity index (χ1v) is 5.60. The topological polar surface area (TPSA) is 15.3 Å². The zero-order valence-corrected chi connectivity index (χ0v) is 9.34. The van der Waals surface area contributed by atoms with Crippen LogP contribution in [0.4, 0.5) is 0 Å². The Morgan fingerprint density at radius 1 is 1.38 bits per heavy atom. The highest BCUT2D eigenvalue weighted by atomic mass is 15.1. The first-order valence-electron chi connectivity index (χ1n) is 5.60. The highest BCUT2D eigenvalue weighted by Crippen LogP contribution is 2.33. The van der Waals surface area contributed by atoms with Crippen LogP contribution >= 0.6 is 0 Å². The average Bonchev–Trinajstić information content (AvgIpc) is 2.86. The lowest BCUT2D eigenvalue weighted by Gasteiger charge is -2.18. The van der Waals surface area contributed by atoms with Gasteiger partial charge in [-0.1, -0.05) is 19.8 Å². The Balaban J connectivity index is 2.01. The fraction of sp³-hybridized carbons (Fsp3) is 1.00. The molecule has 1 saturated carbocycles. The Labute approximate surface area is 82.7 Å². The Bertz CT molecular complexity index is 130. The highest BCUT2D eigenvalue weighted by Gasteiger charge is 2.24. The highest BCUT2D eigenvalue weighted by molar-refractivity contribution is 4.79. The summed E-state index contributed by atoms with van der Waals surface area (Å²) in [6, 6.07) is 0.771. The van der Waals surface area contributed by atoms with Crippen molar-refractivity contribution in [1.29, 1.82) is 0 Å². The minimum Gasteiger partial charge on any atom is -0.313 e. The van der Waals surface area contributed by atoms with Gasteiger partial charge in [0.15, 0.2) is 0 Å². The van der Waals surface area contributed by atoms with Crippen molar-refractivity contribution in [3.05, 3.63) is 0 Å². The van der Waals surface area contributed by atoms with Crippen LogP contribution in [0.5, 0.6) is 0 Å². The first kappa shape index (κ1) is 11.0. The molecule has 0 bridgehead atoms. The van der Waals surface area contributed by atoms with Gasteiger partial charge in [-0.25, -0.2) is 0 Å². The molecular formula is C11H24N2. The van der Waals surface area contributed by atoms with E-state index in [1.807, 2.05) is 0 Å². The molecule has 0 radical (unpaired) electrons. The smallest absolute Gasteiger partial charge is 0.0101 e. The molecule has 1 rings (SSSR count). The Morgan fingerprint density at radius 2 is 2.08 bits per heavy atom. The Kier molecular flexibility index (Phi) is 4.74. The van der Waals surface area contributed by atoms with Crippen LogP contribution < -0.4 is 5.32 Å². The molecule has 0 spiro atoms. The average molecular weight is 184 g/mol. The van der Waals surface area contributed by atoms with Crippen LogP contribution in [0.3, 0.4) is 0 Å². The molecule has 78 valence electrons. The van der Waals surface area contributed by atoms with Gasteiger partial charge in [0.2, 0.25) is 0 Å². The molecular weight excluding hydrogens is 160 g/mol. The zero-order valence-electron chi connectivity index (χ0n) is 9.34. The van der Waals surface area contributed by atoms with E-state index >= 15 is 0 Å². The van der Waals surface area contributed by atoms with Crippen molar-refractivity contribution in [2.24, 2.45) is 5.92 Å². The molecule has 0 saturated heterocycles. The number of nitrogens with zero attached hydrogens (tertiary/aromatic N) is 1. The van der Waals surface area contributed by atoms with Crippen molar-refractivity contribution in [2.75, 3.05) is 27.2 Å². The molecule has 2 heteroatoms. The molecule has 0 aromatic heterocycles. The maximum Gasteiger partial charge on any atom is 0.0101 e. The summed E-state index contributed by atoms with van der Waals surface area (Å²) in [5.74, 6) is 1.05. The third kappa shape index (κ3) is 5.27. The zero-order chi connectivity index (χ0) is 9.68. The van der Waals surface area contributed by atoms with E-state index in [4.69, 9.17) is 0 Å². The van der Waals surface area contributed by atoms with E-state index in [0.717, 1.165) is 25.0 Å². The van der Waals surface area contributed by atoms with E-state index in [1.54, 1.807) is 0 Å². The third-order valence-corrected chi connectivity index (χ3v) is 2.80. The maximum atomic E-state index is 3.63. The predicted molar refractivity (Wildman–Crippen MR) is 58.0 cm³/mol. The van der Waals surface area contributed by atoms with Gasteiger partial charge in [-0.15, -0.1) is 0 Å². The molecule has 2 nitrogen and oxygen atoms in total. The summed E-state index contributed by atoms with van der Waals surface area (Å²) in [6.45, 7) is 4.58. The molecule has 0 aliphatic heterocycles. The lowest BCUT2D eigenvalue weighted by Crippen LogP contribution is -2.34.